The van der Waals surface area contributed by atoms with Crippen LogP contribution in [0.25, 0.3) is 0 Å². The van der Waals surface area contributed by atoms with Crippen molar-refractivity contribution < 1.29 is 14.3 Å². The van der Waals surface area contributed by atoms with E-state index in [-0.39, 0.29) is 17.7 Å². The van der Waals surface area contributed by atoms with Gasteiger partial charge in [-0.3, -0.25) is 14.5 Å². The molecular weight excluding hydrogens is 346 g/mol. The van der Waals surface area contributed by atoms with Gasteiger partial charge >= 0.3 is 0 Å². The largest absolute Gasteiger partial charge is 0.381 e. The predicted molar refractivity (Wildman–Crippen MR) is 96.6 cm³/mol. The Hall–Kier alpha value is -2.32. The van der Waals surface area contributed by atoms with Crippen LogP contribution in [-0.4, -0.2) is 57.2 Å². The van der Waals surface area contributed by atoms with Crippen molar-refractivity contribution in [3.8, 4) is 0 Å². The molecule has 2 aromatic heterocycles. The quantitative estimate of drug-likeness (QED) is 0.787. The van der Waals surface area contributed by atoms with Crippen LogP contribution in [0.15, 0.2) is 24.4 Å². The zero-order valence-electron chi connectivity index (χ0n) is 15.6. The number of ether oxygens (including phenoxy) is 2. The Morgan fingerprint density at radius 2 is 2.19 bits per heavy atom. The second-order valence-corrected chi connectivity index (χ2v) is 7.18. The van der Waals surface area contributed by atoms with E-state index >= 15 is 0 Å². The molecule has 27 heavy (non-hydrogen) atoms. The summed E-state index contributed by atoms with van der Waals surface area (Å²) in [5.41, 5.74) is 2.83. The fourth-order valence-corrected chi connectivity index (χ4v) is 3.91. The minimum atomic E-state index is 0.0482. The first kappa shape index (κ1) is 18.1. The minimum absolute atomic E-state index is 0.0482. The summed E-state index contributed by atoms with van der Waals surface area (Å²) in [5, 5.41) is 8.44. The number of carbonyl (C=O) groups excluding carboxylic acids is 1. The lowest BCUT2D eigenvalue weighted by molar-refractivity contribution is -0.140. The Bertz CT molecular complexity index is 773. The summed E-state index contributed by atoms with van der Waals surface area (Å²) in [6, 6.07) is 5.78. The van der Waals surface area contributed by atoms with Crippen molar-refractivity contribution in [2.45, 2.75) is 31.9 Å². The highest BCUT2D eigenvalue weighted by Crippen LogP contribution is 2.29. The third-order valence-electron chi connectivity index (χ3n) is 5.29. The van der Waals surface area contributed by atoms with Gasteiger partial charge in [-0.2, -0.15) is 0 Å². The second kappa shape index (κ2) is 8.14. The summed E-state index contributed by atoms with van der Waals surface area (Å²) < 4.78 is 13.1. The molecule has 0 radical (unpaired) electrons. The molecule has 1 atom stereocenters. The van der Waals surface area contributed by atoms with Gasteiger partial charge in [-0.1, -0.05) is 11.3 Å². The van der Waals surface area contributed by atoms with Gasteiger partial charge in [-0.05, 0) is 25.0 Å². The molecule has 0 spiro atoms. The number of fused-ring (bicyclic) bond motifs is 1. The maximum Gasteiger partial charge on any atom is 0.226 e. The lowest BCUT2D eigenvalue weighted by atomic mass is 9.94. The fraction of sp³-hybridized carbons (Fsp3) is 0.579. The molecule has 1 amide bonds. The number of nitrogens with zero attached hydrogens (tertiary/aromatic N) is 5. The van der Waals surface area contributed by atoms with Crippen LogP contribution in [0.3, 0.4) is 0 Å². The van der Waals surface area contributed by atoms with Crippen molar-refractivity contribution in [1.82, 2.24) is 24.9 Å². The summed E-state index contributed by atoms with van der Waals surface area (Å²) in [7, 11) is 1.90. The van der Waals surface area contributed by atoms with Crippen molar-refractivity contribution in [3.63, 3.8) is 0 Å². The monoisotopic (exact) mass is 371 g/mol. The number of amides is 1. The average Bonchev–Trinajstić information content (AvgIpc) is 3.10. The summed E-state index contributed by atoms with van der Waals surface area (Å²) in [6.45, 7) is 3.44. The molecule has 2 aliphatic rings. The maximum absolute atomic E-state index is 13.0. The smallest absolute Gasteiger partial charge is 0.226 e. The molecule has 2 aliphatic heterocycles. The van der Waals surface area contributed by atoms with Gasteiger partial charge < -0.3 is 14.4 Å². The van der Waals surface area contributed by atoms with Crippen LogP contribution in [0, 0.1) is 5.92 Å². The van der Waals surface area contributed by atoms with E-state index in [9.17, 15) is 4.79 Å². The highest BCUT2D eigenvalue weighted by atomic mass is 16.5. The van der Waals surface area contributed by atoms with Crippen molar-refractivity contribution >= 4 is 5.91 Å². The number of rotatable bonds is 5. The van der Waals surface area contributed by atoms with Crippen LogP contribution >= 0.6 is 0 Å². The zero-order chi connectivity index (χ0) is 18.6. The molecule has 1 unspecified atom stereocenters. The van der Waals surface area contributed by atoms with Gasteiger partial charge in [0.05, 0.1) is 31.1 Å². The third kappa shape index (κ3) is 4.01. The van der Waals surface area contributed by atoms with Gasteiger partial charge in [0, 0.05) is 44.8 Å². The SMILES string of the molecule is Cn1nnc2c1C(COCc1ccccn1)CN(C(=O)C1CCOCC1)C2. The van der Waals surface area contributed by atoms with E-state index in [4.69, 9.17) is 9.47 Å². The first-order chi connectivity index (χ1) is 13.2. The van der Waals surface area contributed by atoms with Crippen molar-refractivity contribution in [2.75, 3.05) is 26.4 Å². The van der Waals surface area contributed by atoms with E-state index in [0.29, 0.717) is 39.5 Å². The topological polar surface area (TPSA) is 82.4 Å². The van der Waals surface area contributed by atoms with Crippen molar-refractivity contribution in [1.29, 1.82) is 0 Å². The van der Waals surface area contributed by atoms with Crippen LogP contribution in [0.2, 0.25) is 0 Å². The highest BCUT2D eigenvalue weighted by Gasteiger charge is 2.35. The summed E-state index contributed by atoms with van der Waals surface area (Å²) in [6.07, 6.45) is 3.35. The molecule has 0 saturated carbocycles. The number of pyridine rings is 1. The van der Waals surface area contributed by atoms with Crippen molar-refractivity contribution in [2.24, 2.45) is 13.0 Å². The molecule has 8 heteroatoms. The third-order valence-corrected chi connectivity index (χ3v) is 5.29. The van der Waals surface area contributed by atoms with Crippen LogP contribution in [0.4, 0.5) is 0 Å². The van der Waals surface area contributed by atoms with Crippen LogP contribution < -0.4 is 0 Å². The van der Waals surface area contributed by atoms with Gasteiger partial charge in [0.1, 0.15) is 5.69 Å². The van der Waals surface area contributed by atoms with Crippen molar-refractivity contribution in [3.05, 3.63) is 41.5 Å². The van der Waals surface area contributed by atoms with Gasteiger partial charge in [0.25, 0.3) is 0 Å². The first-order valence-electron chi connectivity index (χ1n) is 9.45. The zero-order valence-corrected chi connectivity index (χ0v) is 15.6. The molecule has 2 aromatic rings. The molecule has 0 bridgehead atoms. The maximum atomic E-state index is 13.0. The summed E-state index contributed by atoms with van der Waals surface area (Å²) in [4.78, 5) is 19.2. The standard InChI is InChI=1S/C19H25N5O3/c1-23-18-15(12-27-13-16-4-2-3-7-20-16)10-24(11-17(18)21-22-23)19(25)14-5-8-26-9-6-14/h2-4,7,14-15H,5-6,8-13H2,1H3. The van der Waals surface area contributed by atoms with E-state index in [2.05, 4.69) is 15.3 Å². The molecule has 0 aromatic carbocycles. The highest BCUT2D eigenvalue weighted by molar-refractivity contribution is 5.79. The molecule has 144 valence electrons. The Balaban J connectivity index is 1.44. The summed E-state index contributed by atoms with van der Waals surface area (Å²) in [5.74, 6) is 0.303. The minimum Gasteiger partial charge on any atom is -0.381 e. The number of hydrogen-bond donors (Lipinski definition) is 0. The summed E-state index contributed by atoms with van der Waals surface area (Å²) >= 11 is 0. The van der Waals surface area contributed by atoms with Gasteiger partial charge in [-0.15, -0.1) is 5.10 Å². The van der Waals surface area contributed by atoms with E-state index in [0.717, 1.165) is 29.9 Å². The van der Waals surface area contributed by atoms with E-state index in [1.54, 1.807) is 10.9 Å². The average molecular weight is 371 g/mol. The molecule has 1 saturated heterocycles. The van der Waals surface area contributed by atoms with Gasteiger partial charge in [0.2, 0.25) is 5.91 Å². The molecule has 4 heterocycles. The number of aromatic nitrogens is 4. The fourth-order valence-electron chi connectivity index (χ4n) is 3.91. The first-order valence-corrected chi connectivity index (χ1v) is 9.45. The molecule has 1 fully saturated rings. The molecule has 4 rings (SSSR count). The van der Waals surface area contributed by atoms with E-state index in [1.165, 1.54) is 0 Å². The lowest BCUT2D eigenvalue weighted by Gasteiger charge is -2.35. The number of aryl methyl sites for hydroxylation is 1. The van der Waals surface area contributed by atoms with E-state index < -0.39 is 0 Å². The normalized spacial score (nSPS) is 20.5. The van der Waals surface area contributed by atoms with Crippen LogP contribution in [0.1, 0.15) is 35.8 Å². The Labute approximate surface area is 158 Å². The molecule has 0 aliphatic carbocycles. The van der Waals surface area contributed by atoms with Gasteiger partial charge in [0.15, 0.2) is 0 Å². The lowest BCUT2D eigenvalue weighted by Crippen LogP contribution is -2.44. The Morgan fingerprint density at radius 3 is 2.96 bits per heavy atom. The van der Waals surface area contributed by atoms with Gasteiger partial charge in [-0.25, -0.2) is 0 Å². The number of carbonyl (C=O) groups is 1. The Kier molecular flexibility index (Phi) is 5.45. The predicted octanol–water partition coefficient (Wildman–Crippen LogP) is 1.28. The molecule has 8 nitrogen and oxygen atoms in total. The Morgan fingerprint density at radius 1 is 1.33 bits per heavy atom. The molecular formula is C19H25N5O3. The van der Waals surface area contributed by atoms with E-state index in [1.807, 2.05) is 30.1 Å². The van der Waals surface area contributed by atoms with Crippen LogP contribution in [0.5, 0.6) is 0 Å². The second-order valence-electron chi connectivity index (χ2n) is 7.18. The van der Waals surface area contributed by atoms with Crippen LogP contribution in [-0.2, 0) is 34.5 Å². The molecule has 0 N–H and O–H groups in total. The number of hydrogen-bond acceptors (Lipinski definition) is 6.